The second-order valence-electron chi connectivity index (χ2n) is 5.74. The molecule has 0 unspecified atom stereocenters. The first kappa shape index (κ1) is 13.8. The van der Waals surface area contributed by atoms with Crippen molar-refractivity contribution in [2.24, 2.45) is 5.92 Å². The summed E-state index contributed by atoms with van der Waals surface area (Å²) >= 11 is 0. The highest BCUT2D eigenvalue weighted by atomic mass is 32.2. The maximum absolute atomic E-state index is 12.0. The van der Waals surface area contributed by atoms with E-state index in [1.807, 2.05) is 0 Å². The summed E-state index contributed by atoms with van der Waals surface area (Å²) in [6.45, 7) is 0. The van der Waals surface area contributed by atoms with Crippen LogP contribution in [0.4, 0.5) is 0 Å². The zero-order chi connectivity index (χ0) is 13.2. The molecule has 2 aliphatic rings. The van der Waals surface area contributed by atoms with E-state index in [0.717, 1.165) is 32.1 Å². The van der Waals surface area contributed by atoms with Crippen molar-refractivity contribution in [3.05, 3.63) is 0 Å². The number of hydrogen-bond donors (Lipinski definition) is 2. The summed E-state index contributed by atoms with van der Waals surface area (Å²) in [4.78, 5) is 11.0. The fraction of sp³-hybridized carbons (Fsp3) is 0.917. The molecule has 0 aromatic carbocycles. The lowest BCUT2D eigenvalue weighted by molar-refractivity contribution is -0.138. The standard InChI is InChI=1S/C12H21NO4S/c14-11(15)8-12(6-2-1-3-7-12)13-18(16,17)9-10-4-5-10/h10,13H,1-9H2,(H,14,15). The lowest BCUT2D eigenvalue weighted by atomic mass is 9.80. The number of nitrogens with one attached hydrogen (secondary N) is 1. The molecule has 0 aromatic rings. The molecule has 5 nitrogen and oxygen atoms in total. The van der Waals surface area contributed by atoms with Crippen LogP contribution in [-0.4, -0.2) is 30.8 Å². The molecule has 2 aliphatic carbocycles. The SMILES string of the molecule is O=C(O)CC1(NS(=O)(=O)CC2CC2)CCCCC1. The highest BCUT2D eigenvalue weighted by molar-refractivity contribution is 7.89. The molecule has 0 radical (unpaired) electrons. The highest BCUT2D eigenvalue weighted by Gasteiger charge is 2.39. The van der Waals surface area contributed by atoms with E-state index in [0.29, 0.717) is 12.8 Å². The van der Waals surface area contributed by atoms with Crippen LogP contribution >= 0.6 is 0 Å². The minimum atomic E-state index is -3.34. The van der Waals surface area contributed by atoms with E-state index >= 15 is 0 Å². The molecule has 18 heavy (non-hydrogen) atoms. The van der Waals surface area contributed by atoms with Crippen LogP contribution in [0.2, 0.25) is 0 Å². The van der Waals surface area contributed by atoms with Gasteiger partial charge in [0, 0.05) is 5.54 Å². The smallest absolute Gasteiger partial charge is 0.305 e. The molecule has 104 valence electrons. The van der Waals surface area contributed by atoms with Gasteiger partial charge in [0.2, 0.25) is 10.0 Å². The number of carbonyl (C=O) groups is 1. The molecule has 2 rings (SSSR count). The molecule has 0 saturated heterocycles. The largest absolute Gasteiger partial charge is 0.481 e. The van der Waals surface area contributed by atoms with Crippen molar-refractivity contribution in [3.63, 3.8) is 0 Å². The van der Waals surface area contributed by atoms with Gasteiger partial charge in [0.1, 0.15) is 0 Å². The number of aliphatic carboxylic acids is 1. The Kier molecular flexibility index (Phi) is 3.96. The fourth-order valence-electron chi connectivity index (χ4n) is 2.80. The van der Waals surface area contributed by atoms with Crippen LogP contribution in [-0.2, 0) is 14.8 Å². The van der Waals surface area contributed by atoms with Crippen molar-refractivity contribution in [3.8, 4) is 0 Å². The topological polar surface area (TPSA) is 83.5 Å². The third kappa shape index (κ3) is 3.95. The Morgan fingerprint density at radius 3 is 2.33 bits per heavy atom. The van der Waals surface area contributed by atoms with Crippen molar-refractivity contribution in [2.75, 3.05) is 5.75 Å². The number of sulfonamides is 1. The van der Waals surface area contributed by atoms with Gasteiger partial charge < -0.3 is 5.11 Å². The monoisotopic (exact) mass is 275 g/mol. The highest BCUT2D eigenvalue weighted by Crippen LogP contribution is 2.34. The van der Waals surface area contributed by atoms with Crippen molar-refractivity contribution >= 4 is 16.0 Å². The maximum atomic E-state index is 12.0. The van der Waals surface area contributed by atoms with Crippen LogP contribution in [0.25, 0.3) is 0 Å². The quantitative estimate of drug-likeness (QED) is 0.769. The molecule has 0 atom stereocenters. The Morgan fingerprint density at radius 2 is 1.83 bits per heavy atom. The second kappa shape index (κ2) is 5.17. The van der Waals surface area contributed by atoms with E-state index in [4.69, 9.17) is 5.11 Å². The Balaban J connectivity index is 2.05. The van der Waals surface area contributed by atoms with Gasteiger partial charge >= 0.3 is 5.97 Å². The van der Waals surface area contributed by atoms with Crippen molar-refractivity contribution < 1.29 is 18.3 Å². The summed E-state index contributed by atoms with van der Waals surface area (Å²) in [6, 6.07) is 0. The number of hydrogen-bond acceptors (Lipinski definition) is 3. The van der Waals surface area contributed by atoms with Gasteiger partial charge in [-0.05, 0) is 31.6 Å². The lowest BCUT2D eigenvalue weighted by Gasteiger charge is -2.36. The molecular formula is C12H21NO4S. The summed E-state index contributed by atoms with van der Waals surface area (Å²) in [7, 11) is -3.34. The zero-order valence-corrected chi connectivity index (χ0v) is 11.3. The van der Waals surface area contributed by atoms with Crippen LogP contribution in [0.1, 0.15) is 51.4 Å². The predicted molar refractivity (Wildman–Crippen MR) is 67.7 cm³/mol. The first-order valence-electron chi connectivity index (χ1n) is 6.64. The van der Waals surface area contributed by atoms with Gasteiger partial charge in [0.15, 0.2) is 0 Å². The average molecular weight is 275 g/mol. The molecule has 2 saturated carbocycles. The van der Waals surface area contributed by atoms with Gasteiger partial charge in [0.05, 0.1) is 12.2 Å². The minimum Gasteiger partial charge on any atom is -0.481 e. The Morgan fingerprint density at radius 1 is 1.22 bits per heavy atom. The molecule has 6 heteroatoms. The summed E-state index contributed by atoms with van der Waals surface area (Å²) < 4.78 is 26.8. The molecule has 0 aromatic heterocycles. The van der Waals surface area contributed by atoms with E-state index in [1.54, 1.807) is 0 Å². The average Bonchev–Trinajstić information content (AvgIpc) is 2.99. The van der Waals surface area contributed by atoms with Crippen LogP contribution in [0.5, 0.6) is 0 Å². The van der Waals surface area contributed by atoms with Gasteiger partial charge in [-0.2, -0.15) is 0 Å². The van der Waals surface area contributed by atoms with Crippen LogP contribution in [0, 0.1) is 5.92 Å². The Bertz CT molecular complexity index is 408. The summed E-state index contributed by atoms with van der Waals surface area (Å²) in [5.74, 6) is -0.479. The summed E-state index contributed by atoms with van der Waals surface area (Å²) in [6.07, 6.45) is 6.01. The maximum Gasteiger partial charge on any atom is 0.305 e. The van der Waals surface area contributed by atoms with E-state index in [1.165, 1.54) is 0 Å². The van der Waals surface area contributed by atoms with Crippen molar-refractivity contribution in [1.29, 1.82) is 0 Å². The second-order valence-corrected chi connectivity index (χ2v) is 7.51. The lowest BCUT2D eigenvalue weighted by Crippen LogP contribution is -2.51. The number of carboxylic acids is 1. The van der Waals surface area contributed by atoms with Gasteiger partial charge in [-0.15, -0.1) is 0 Å². The zero-order valence-electron chi connectivity index (χ0n) is 10.5. The van der Waals surface area contributed by atoms with Gasteiger partial charge in [-0.3, -0.25) is 4.79 Å². The third-order valence-electron chi connectivity index (χ3n) is 3.82. The Labute approximate surface area is 108 Å². The summed E-state index contributed by atoms with van der Waals surface area (Å²) in [5.41, 5.74) is -0.738. The normalized spacial score (nSPS) is 23.8. The summed E-state index contributed by atoms with van der Waals surface area (Å²) in [5, 5.41) is 8.99. The van der Waals surface area contributed by atoms with Crippen molar-refractivity contribution in [1.82, 2.24) is 4.72 Å². The molecule has 2 fully saturated rings. The van der Waals surface area contributed by atoms with Crippen LogP contribution in [0.3, 0.4) is 0 Å². The molecule has 0 spiro atoms. The molecule has 2 N–H and O–H groups in total. The van der Waals surface area contributed by atoms with E-state index in [9.17, 15) is 13.2 Å². The number of carboxylic acid groups (broad SMARTS) is 1. The minimum absolute atomic E-state index is 0.100. The van der Waals surface area contributed by atoms with Gasteiger partial charge in [0.25, 0.3) is 0 Å². The van der Waals surface area contributed by atoms with Gasteiger partial charge in [-0.25, -0.2) is 13.1 Å². The number of rotatable bonds is 6. The molecule has 0 aliphatic heterocycles. The molecular weight excluding hydrogens is 254 g/mol. The third-order valence-corrected chi connectivity index (χ3v) is 5.48. The first-order chi connectivity index (χ1) is 8.41. The Hall–Kier alpha value is -0.620. The molecule has 0 amide bonds. The van der Waals surface area contributed by atoms with E-state index in [2.05, 4.69) is 4.72 Å². The molecule has 0 heterocycles. The molecule has 0 bridgehead atoms. The van der Waals surface area contributed by atoms with Gasteiger partial charge in [-0.1, -0.05) is 19.3 Å². The van der Waals surface area contributed by atoms with Crippen LogP contribution in [0.15, 0.2) is 0 Å². The van der Waals surface area contributed by atoms with Crippen molar-refractivity contribution in [2.45, 2.75) is 56.9 Å². The predicted octanol–water partition coefficient (Wildman–Crippen LogP) is 1.49. The first-order valence-corrected chi connectivity index (χ1v) is 8.30. The van der Waals surface area contributed by atoms with Crippen LogP contribution < -0.4 is 4.72 Å². The van der Waals surface area contributed by atoms with E-state index < -0.39 is 21.5 Å². The van der Waals surface area contributed by atoms with E-state index in [-0.39, 0.29) is 18.1 Å². The fourth-order valence-corrected chi connectivity index (χ4v) is 4.77.